The average Bonchev–Trinajstić information content (AvgIpc) is 2.50. The second-order valence-electron chi connectivity index (χ2n) is 5.33. The minimum absolute atomic E-state index is 0.0484. The summed E-state index contributed by atoms with van der Waals surface area (Å²) in [7, 11) is 1.63. The van der Waals surface area contributed by atoms with Gasteiger partial charge in [-0.1, -0.05) is 6.07 Å². The SMILES string of the molecule is COCCOc1cccc(C(=O)NC2CCCNC2C)c1. The molecule has 0 aliphatic carbocycles. The molecule has 1 saturated heterocycles. The third-order valence-corrected chi connectivity index (χ3v) is 3.73. The van der Waals surface area contributed by atoms with Crippen molar-refractivity contribution in [3.8, 4) is 5.75 Å². The molecule has 1 aliphatic rings. The first kappa shape index (κ1) is 15.8. The maximum absolute atomic E-state index is 12.3. The quantitative estimate of drug-likeness (QED) is 0.782. The lowest BCUT2D eigenvalue weighted by Gasteiger charge is -2.30. The van der Waals surface area contributed by atoms with Crippen molar-refractivity contribution in [2.24, 2.45) is 0 Å². The van der Waals surface area contributed by atoms with Gasteiger partial charge in [-0.05, 0) is 44.5 Å². The van der Waals surface area contributed by atoms with Crippen molar-refractivity contribution in [2.75, 3.05) is 26.9 Å². The highest BCUT2D eigenvalue weighted by atomic mass is 16.5. The van der Waals surface area contributed by atoms with Crippen LogP contribution in [0.5, 0.6) is 5.75 Å². The Morgan fingerprint density at radius 2 is 2.29 bits per heavy atom. The summed E-state index contributed by atoms with van der Waals surface area (Å²) < 4.78 is 10.5. The van der Waals surface area contributed by atoms with Crippen LogP contribution in [0, 0.1) is 0 Å². The molecule has 5 heteroatoms. The van der Waals surface area contributed by atoms with E-state index in [9.17, 15) is 4.79 Å². The van der Waals surface area contributed by atoms with Gasteiger partial charge in [-0.2, -0.15) is 0 Å². The fourth-order valence-electron chi connectivity index (χ4n) is 2.46. The Morgan fingerprint density at radius 3 is 3.05 bits per heavy atom. The summed E-state index contributed by atoms with van der Waals surface area (Å²) in [5.41, 5.74) is 0.627. The Balaban J connectivity index is 1.93. The van der Waals surface area contributed by atoms with Gasteiger partial charge in [-0.25, -0.2) is 0 Å². The summed E-state index contributed by atoms with van der Waals surface area (Å²) in [6.07, 6.45) is 2.11. The summed E-state index contributed by atoms with van der Waals surface area (Å²) in [4.78, 5) is 12.3. The van der Waals surface area contributed by atoms with Crippen molar-refractivity contribution in [3.05, 3.63) is 29.8 Å². The van der Waals surface area contributed by atoms with Crippen molar-refractivity contribution >= 4 is 5.91 Å². The van der Waals surface area contributed by atoms with Gasteiger partial charge in [-0.3, -0.25) is 4.79 Å². The van der Waals surface area contributed by atoms with E-state index in [1.54, 1.807) is 19.2 Å². The lowest BCUT2D eigenvalue weighted by atomic mass is 9.99. The highest BCUT2D eigenvalue weighted by Crippen LogP contribution is 2.15. The van der Waals surface area contributed by atoms with Gasteiger partial charge < -0.3 is 20.1 Å². The van der Waals surface area contributed by atoms with Crippen molar-refractivity contribution in [3.63, 3.8) is 0 Å². The predicted molar refractivity (Wildman–Crippen MR) is 81.8 cm³/mol. The van der Waals surface area contributed by atoms with Crippen LogP contribution in [0.4, 0.5) is 0 Å². The molecule has 21 heavy (non-hydrogen) atoms. The first-order valence-corrected chi connectivity index (χ1v) is 7.47. The van der Waals surface area contributed by atoms with Crippen molar-refractivity contribution < 1.29 is 14.3 Å². The number of hydrogen-bond acceptors (Lipinski definition) is 4. The number of ether oxygens (including phenoxy) is 2. The molecule has 2 N–H and O–H groups in total. The van der Waals surface area contributed by atoms with Crippen LogP contribution < -0.4 is 15.4 Å². The fourth-order valence-corrected chi connectivity index (χ4v) is 2.46. The van der Waals surface area contributed by atoms with E-state index in [0.29, 0.717) is 30.6 Å². The highest BCUT2D eigenvalue weighted by Gasteiger charge is 2.22. The second kappa shape index (κ2) is 8.00. The standard InChI is InChI=1S/C16H24N2O3/c1-12-15(7-4-8-17-12)18-16(19)13-5-3-6-14(11-13)21-10-9-20-2/h3,5-6,11-12,15,17H,4,7-10H2,1-2H3,(H,18,19). The molecule has 116 valence electrons. The van der Waals surface area contributed by atoms with Crippen LogP contribution in [0.25, 0.3) is 0 Å². The van der Waals surface area contributed by atoms with Gasteiger partial charge in [-0.15, -0.1) is 0 Å². The molecule has 1 fully saturated rings. The van der Waals surface area contributed by atoms with E-state index in [1.807, 2.05) is 12.1 Å². The van der Waals surface area contributed by atoms with Crippen LogP contribution in [-0.2, 0) is 4.74 Å². The first-order chi connectivity index (χ1) is 10.2. The van der Waals surface area contributed by atoms with Gasteiger partial charge in [0.05, 0.1) is 6.61 Å². The highest BCUT2D eigenvalue weighted by molar-refractivity contribution is 5.94. The Morgan fingerprint density at radius 1 is 1.43 bits per heavy atom. The monoisotopic (exact) mass is 292 g/mol. The zero-order valence-corrected chi connectivity index (χ0v) is 12.7. The number of benzene rings is 1. The number of piperidine rings is 1. The van der Waals surface area contributed by atoms with Crippen molar-refractivity contribution in [1.82, 2.24) is 10.6 Å². The van der Waals surface area contributed by atoms with E-state index in [0.717, 1.165) is 19.4 Å². The third kappa shape index (κ3) is 4.72. The summed E-state index contributed by atoms with van der Waals surface area (Å²) in [5.74, 6) is 0.641. The molecule has 0 aromatic heterocycles. The van der Waals surface area contributed by atoms with Crippen LogP contribution in [0.2, 0.25) is 0 Å². The van der Waals surface area contributed by atoms with Gasteiger partial charge in [0.15, 0.2) is 0 Å². The van der Waals surface area contributed by atoms with Crippen LogP contribution in [0.1, 0.15) is 30.1 Å². The molecule has 1 aromatic carbocycles. The van der Waals surface area contributed by atoms with Crippen LogP contribution in [-0.4, -0.2) is 44.9 Å². The molecule has 0 radical (unpaired) electrons. The van der Waals surface area contributed by atoms with Crippen LogP contribution in [0.15, 0.2) is 24.3 Å². The number of rotatable bonds is 6. The number of amides is 1. The summed E-state index contributed by atoms with van der Waals surface area (Å²) in [6, 6.07) is 7.75. The average molecular weight is 292 g/mol. The Kier molecular flexibility index (Phi) is 6.02. The molecule has 0 saturated carbocycles. The molecule has 2 unspecified atom stereocenters. The number of hydrogen-bond donors (Lipinski definition) is 2. The molecule has 1 amide bonds. The molecule has 0 bridgehead atoms. The summed E-state index contributed by atoms with van der Waals surface area (Å²) in [6.45, 7) is 4.14. The lowest BCUT2D eigenvalue weighted by Crippen LogP contribution is -2.51. The zero-order chi connectivity index (χ0) is 15.1. The van der Waals surface area contributed by atoms with Gasteiger partial charge in [0, 0.05) is 24.8 Å². The number of nitrogens with one attached hydrogen (secondary N) is 2. The van der Waals surface area contributed by atoms with E-state index in [1.165, 1.54) is 0 Å². The molecule has 5 nitrogen and oxygen atoms in total. The number of carbonyl (C=O) groups is 1. The van der Waals surface area contributed by atoms with E-state index >= 15 is 0 Å². The maximum Gasteiger partial charge on any atom is 0.251 e. The third-order valence-electron chi connectivity index (χ3n) is 3.73. The lowest BCUT2D eigenvalue weighted by molar-refractivity contribution is 0.0919. The second-order valence-corrected chi connectivity index (χ2v) is 5.33. The molecule has 1 aromatic rings. The first-order valence-electron chi connectivity index (χ1n) is 7.47. The molecular weight excluding hydrogens is 268 g/mol. The van der Waals surface area contributed by atoms with Gasteiger partial charge >= 0.3 is 0 Å². The van der Waals surface area contributed by atoms with E-state index < -0.39 is 0 Å². The number of methoxy groups -OCH3 is 1. The van der Waals surface area contributed by atoms with E-state index in [4.69, 9.17) is 9.47 Å². The van der Waals surface area contributed by atoms with Gasteiger partial charge in [0.25, 0.3) is 5.91 Å². The number of carbonyl (C=O) groups excluding carboxylic acids is 1. The van der Waals surface area contributed by atoms with Crippen molar-refractivity contribution in [1.29, 1.82) is 0 Å². The largest absolute Gasteiger partial charge is 0.491 e. The van der Waals surface area contributed by atoms with E-state index in [2.05, 4.69) is 17.6 Å². The zero-order valence-electron chi connectivity index (χ0n) is 12.7. The van der Waals surface area contributed by atoms with Crippen molar-refractivity contribution in [2.45, 2.75) is 31.8 Å². The van der Waals surface area contributed by atoms with Gasteiger partial charge in [0.2, 0.25) is 0 Å². The molecule has 1 heterocycles. The van der Waals surface area contributed by atoms with Crippen LogP contribution >= 0.6 is 0 Å². The van der Waals surface area contributed by atoms with Gasteiger partial charge in [0.1, 0.15) is 12.4 Å². The minimum Gasteiger partial charge on any atom is -0.491 e. The Bertz CT molecular complexity index is 465. The minimum atomic E-state index is -0.0484. The smallest absolute Gasteiger partial charge is 0.251 e. The molecular formula is C16H24N2O3. The normalized spacial score (nSPS) is 21.8. The molecule has 0 spiro atoms. The molecule has 2 rings (SSSR count). The Labute approximate surface area is 126 Å². The molecule has 2 atom stereocenters. The maximum atomic E-state index is 12.3. The van der Waals surface area contributed by atoms with Crippen LogP contribution in [0.3, 0.4) is 0 Å². The summed E-state index contributed by atoms with van der Waals surface area (Å²) >= 11 is 0. The molecule has 1 aliphatic heterocycles. The Hall–Kier alpha value is -1.59. The fraction of sp³-hybridized carbons (Fsp3) is 0.562. The van der Waals surface area contributed by atoms with E-state index in [-0.39, 0.29) is 11.9 Å². The predicted octanol–water partition coefficient (Wildman–Crippen LogP) is 1.58. The topological polar surface area (TPSA) is 59.6 Å². The summed E-state index contributed by atoms with van der Waals surface area (Å²) in [5, 5.41) is 6.48.